The molecular weight excluding hydrogens is 285 g/mol. The summed E-state index contributed by atoms with van der Waals surface area (Å²) in [4.78, 5) is 0. The maximum Gasteiger partial charge on any atom is 0.0400 e. The fraction of sp³-hybridized carbons (Fsp3) is 0.333. The van der Waals surface area contributed by atoms with Crippen LogP contribution in [0.15, 0.2) is 29.8 Å². The molecular formula is C12H16IN. The van der Waals surface area contributed by atoms with Crippen LogP contribution in [0.25, 0.3) is 5.70 Å². The zero-order valence-corrected chi connectivity index (χ0v) is 11.1. The van der Waals surface area contributed by atoms with Gasteiger partial charge in [0.05, 0.1) is 0 Å². The van der Waals surface area contributed by atoms with Gasteiger partial charge in [0.15, 0.2) is 0 Å². The van der Waals surface area contributed by atoms with Gasteiger partial charge in [0.2, 0.25) is 0 Å². The van der Waals surface area contributed by atoms with Crippen LogP contribution in [0.4, 0.5) is 0 Å². The molecule has 0 amide bonds. The Morgan fingerprint density at radius 1 is 1.29 bits per heavy atom. The standard InChI is InChI=1S/C12H16IN/c1-4-9(2)12(14-3)10-5-7-11(13)8-6-10/h5-8,14H,4H2,1-3H3/b12-9-. The lowest BCUT2D eigenvalue weighted by atomic mass is 10.1. The summed E-state index contributed by atoms with van der Waals surface area (Å²) < 4.78 is 1.27. The first-order valence-corrected chi connectivity index (χ1v) is 5.90. The Balaban J connectivity index is 3.08. The first kappa shape index (κ1) is 11.6. The van der Waals surface area contributed by atoms with Crippen molar-refractivity contribution in [3.05, 3.63) is 39.0 Å². The minimum absolute atomic E-state index is 1.09. The van der Waals surface area contributed by atoms with E-state index in [-0.39, 0.29) is 0 Å². The van der Waals surface area contributed by atoms with Crippen molar-refractivity contribution in [1.82, 2.24) is 5.32 Å². The molecule has 0 aliphatic rings. The van der Waals surface area contributed by atoms with Gasteiger partial charge in [-0.3, -0.25) is 0 Å². The predicted molar refractivity (Wildman–Crippen MR) is 71.1 cm³/mol. The summed E-state index contributed by atoms with van der Waals surface area (Å²) in [5.74, 6) is 0. The Morgan fingerprint density at radius 3 is 2.29 bits per heavy atom. The fourth-order valence-electron chi connectivity index (χ4n) is 1.40. The van der Waals surface area contributed by atoms with Gasteiger partial charge in [-0.25, -0.2) is 0 Å². The molecule has 1 N–H and O–H groups in total. The summed E-state index contributed by atoms with van der Waals surface area (Å²) in [6.07, 6.45) is 1.09. The predicted octanol–water partition coefficient (Wildman–Crippen LogP) is 3.65. The second kappa shape index (κ2) is 5.39. The van der Waals surface area contributed by atoms with Crippen LogP contribution in [0.2, 0.25) is 0 Å². The SMILES string of the molecule is CC/C(C)=C(\NC)c1ccc(I)cc1. The summed E-state index contributed by atoms with van der Waals surface area (Å²) in [7, 11) is 1.98. The Morgan fingerprint density at radius 2 is 1.86 bits per heavy atom. The molecule has 1 rings (SSSR count). The third-order valence-corrected chi connectivity index (χ3v) is 3.06. The second-order valence-corrected chi connectivity index (χ2v) is 4.51. The molecule has 1 nitrogen and oxygen atoms in total. The first-order chi connectivity index (χ1) is 6.69. The summed E-state index contributed by atoms with van der Waals surface area (Å²) in [6, 6.07) is 8.59. The number of hydrogen-bond acceptors (Lipinski definition) is 1. The minimum Gasteiger partial charge on any atom is -0.388 e. The van der Waals surface area contributed by atoms with Gasteiger partial charge in [-0.15, -0.1) is 0 Å². The van der Waals surface area contributed by atoms with E-state index in [2.05, 4.69) is 66.0 Å². The third-order valence-electron chi connectivity index (χ3n) is 2.34. The topological polar surface area (TPSA) is 12.0 Å². The van der Waals surface area contributed by atoms with Gasteiger partial charge in [0.25, 0.3) is 0 Å². The van der Waals surface area contributed by atoms with Crippen molar-refractivity contribution >= 4 is 28.3 Å². The summed E-state index contributed by atoms with van der Waals surface area (Å²) in [5, 5.41) is 3.27. The largest absolute Gasteiger partial charge is 0.388 e. The second-order valence-electron chi connectivity index (χ2n) is 3.27. The van der Waals surface area contributed by atoms with E-state index in [0.717, 1.165) is 6.42 Å². The van der Waals surface area contributed by atoms with Crippen molar-refractivity contribution in [2.45, 2.75) is 20.3 Å². The average molecular weight is 301 g/mol. The number of hydrogen-bond donors (Lipinski definition) is 1. The molecule has 0 fully saturated rings. The summed E-state index contributed by atoms with van der Waals surface area (Å²) >= 11 is 2.32. The van der Waals surface area contributed by atoms with Gasteiger partial charge < -0.3 is 5.32 Å². The lowest BCUT2D eigenvalue weighted by molar-refractivity contribution is 1.03. The molecule has 0 bridgehead atoms. The molecule has 0 atom stereocenters. The number of rotatable bonds is 3. The smallest absolute Gasteiger partial charge is 0.0400 e. The molecule has 0 unspecified atom stereocenters. The van der Waals surface area contributed by atoms with Crippen LogP contribution in [0.5, 0.6) is 0 Å². The monoisotopic (exact) mass is 301 g/mol. The molecule has 0 radical (unpaired) electrons. The quantitative estimate of drug-likeness (QED) is 0.840. The van der Waals surface area contributed by atoms with Gasteiger partial charge in [-0.1, -0.05) is 19.1 Å². The molecule has 0 heterocycles. The molecule has 1 aromatic carbocycles. The number of allylic oxidation sites excluding steroid dienone is 1. The van der Waals surface area contributed by atoms with Crippen molar-refractivity contribution in [2.24, 2.45) is 0 Å². The van der Waals surface area contributed by atoms with Crippen LogP contribution in [0.3, 0.4) is 0 Å². The van der Waals surface area contributed by atoms with Gasteiger partial charge in [0.1, 0.15) is 0 Å². The molecule has 0 aliphatic heterocycles. The molecule has 1 aromatic rings. The minimum atomic E-state index is 1.09. The maximum absolute atomic E-state index is 3.27. The normalized spacial score (nSPS) is 12.3. The highest BCUT2D eigenvalue weighted by Gasteiger charge is 2.01. The van der Waals surface area contributed by atoms with Crippen LogP contribution >= 0.6 is 22.6 Å². The molecule has 14 heavy (non-hydrogen) atoms. The van der Waals surface area contributed by atoms with Crippen molar-refractivity contribution in [3.8, 4) is 0 Å². The van der Waals surface area contributed by atoms with Crippen molar-refractivity contribution in [1.29, 1.82) is 0 Å². The van der Waals surface area contributed by atoms with Crippen molar-refractivity contribution in [2.75, 3.05) is 7.05 Å². The van der Waals surface area contributed by atoms with E-state index in [1.165, 1.54) is 20.4 Å². The van der Waals surface area contributed by atoms with Gasteiger partial charge in [-0.2, -0.15) is 0 Å². The van der Waals surface area contributed by atoms with Gasteiger partial charge in [-0.05, 0) is 59.2 Å². The maximum atomic E-state index is 3.27. The lowest BCUT2D eigenvalue weighted by Gasteiger charge is -2.11. The molecule has 0 aromatic heterocycles. The zero-order valence-electron chi connectivity index (χ0n) is 8.89. The van der Waals surface area contributed by atoms with Crippen LogP contribution in [0, 0.1) is 3.57 Å². The number of nitrogens with one attached hydrogen (secondary N) is 1. The van der Waals surface area contributed by atoms with Crippen LogP contribution in [-0.4, -0.2) is 7.05 Å². The van der Waals surface area contributed by atoms with E-state index < -0.39 is 0 Å². The summed E-state index contributed by atoms with van der Waals surface area (Å²) in [5.41, 5.74) is 3.92. The Kier molecular flexibility index (Phi) is 4.45. The van der Waals surface area contributed by atoms with E-state index in [1.807, 2.05) is 7.05 Å². The molecule has 0 spiro atoms. The highest BCUT2D eigenvalue weighted by Crippen LogP contribution is 2.18. The third kappa shape index (κ3) is 2.74. The molecule has 0 aliphatic carbocycles. The lowest BCUT2D eigenvalue weighted by Crippen LogP contribution is -2.06. The molecule has 76 valence electrons. The van der Waals surface area contributed by atoms with Crippen molar-refractivity contribution in [3.63, 3.8) is 0 Å². The fourth-order valence-corrected chi connectivity index (χ4v) is 1.76. The number of benzene rings is 1. The van der Waals surface area contributed by atoms with Crippen LogP contribution < -0.4 is 5.32 Å². The number of halogens is 1. The first-order valence-electron chi connectivity index (χ1n) is 4.82. The van der Waals surface area contributed by atoms with Gasteiger partial charge >= 0.3 is 0 Å². The van der Waals surface area contributed by atoms with Crippen LogP contribution in [-0.2, 0) is 0 Å². The highest BCUT2D eigenvalue weighted by atomic mass is 127. The van der Waals surface area contributed by atoms with E-state index in [1.54, 1.807) is 0 Å². The van der Waals surface area contributed by atoms with E-state index in [4.69, 9.17) is 0 Å². The van der Waals surface area contributed by atoms with Crippen LogP contribution in [0.1, 0.15) is 25.8 Å². The van der Waals surface area contributed by atoms with Crippen molar-refractivity contribution < 1.29 is 0 Å². The Bertz CT molecular complexity index is 325. The van der Waals surface area contributed by atoms with E-state index in [9.17, 15) is 0 Å². The molecule has 2 heteroatoms. The molecule has 0 saturated heterocycles. The molecule has 0 saturated carbocycles. The Hall–Kier alpha value is -0.510. The highest BCUT2D eigenvalue weighted by molar-refractivity contribution is 14.1. The summed E-state index contributed by atoms with van der Waals surface area (Å²) in [6.45, 7) is 4.35. The zero-order chi connectivity index (χ0) is 10.6. The average Bonchev–Trinajstić information content (AvgIpc) is 2.21. The van der Waals surface area contributed by atoms with Gasteiger partial charge in [0, 0.05) is 16.3 Å². The Labute approximate surface area is 99.7 Å². The van der Waals surface area contributed by atoms with E-state index >= 15 is 0 Å². The van der Waals surface area contributed by atoms with E-state index in [0.29, 0.717) is 0 Å².